The minimum atomic E-state index is -0.174. The molecule has 0 aromatic carbocycles. The minimum absolute atomic E-state index is 0.174. The number of halogens is 1. The highest BCUT2D eigenvalue weighted by atomic mass is 35.5. The van der Waals surface area contributed by atoms with E-state index in [4.69, 9.17) is 16.3 Å². The number of hydrogen-bond acceptors (Lipinski definition) is 6. The summed E-state index contributed by atoms with van der Waals surface area (Å²) in [4.78, 5) is 11.1. The van der Waals surface area contributed by atoms with Gasteiger partial charge in [0.15, 0.2) is 11.0 Å². The average Bonchev–Trinajstić information content (AvgIpc) is 2.38. The predicted octanol–water partition coefficient (Wildman–Crippen LogP) is 2.65. The van der Waals surface area contributed by atoms with Gasteiger partial charge in [-0.2, -0.15) is 5.10 Å². The van der Waals surface area contributed by atoms with E-state index in [0.29, 0.717) is 36.8 Å². The molecule has 0 fully saturated rings. The van der Waals surface area contributed by atoms with Crippen LogP contribution >= 0.6 is 11.6 Å². The van der Waals surface area contributed by atoms with Crippen LogP contribution in [0, 0.1) is 0 Å². The Hall–Kier alpha value is -1.69. The number of nitrogens with zero attached hydrogens (tertiary/aromatic N) is 3. The molecule has 7 heteroatoms. The van der Waals surface area contributed by atoms with Crippen LogP contribution in [0.1, 0.15) is 33.1 Å². The Kier molecular flexibility index (Phi) is 6.81. The van der Waals surface area contributed by atoms with Crippen molar-refractivity contribution < 1.29 is 9.53 Å². The summed E-state index contributed by atoms with van der Waals surface area (Å²) in [5.74, 6) is 0.348. The zero-order chi connectivity index (χ0) is 14.1. The smallest absolute Gasteiger partial charge is 0.305 e. The van der Waals surface area contributed by atoms with Crippen LogP contribution in [0.5, 0.6) is 0 Å². The van der Waals surface area contributed by atoms with Crippen LogP contribution in [0.25, 0.3) is 0 Å². The van der Waals surface area contributed by atoms with Gasteiger partial charge in [-0.15, -0.1) is 10.2 Å². The second kappa shape index (κ2) is 8.42. The van der Waals surface area contributed by atoms with Gasteiger partial charge in [0, 0.05) is 12.1 Å². The maximum Gasteiger partial charge on any atom is 0.305 e. The molecule has 0 aliphatic rings. The molecule has 0 unspecified atom stereocenters. The Labute approximate surface area is 117 Å². The van der Waals surface area contributed by atoms with Crippen molar-refractivity contribution in [1.82, 2.24) is 10.2 Å². The normalized spacial score (nSPS) is 11.2. The minimum Gasteiger partial charge on any atom is -0.466 e. The molecule has 0 saturated heterocycles. The van der Waals surface area contributed by atoms with Gasteiger partial charge < -0.3 is 4.74 Å². The lowest BCUT2D eigenvalue weighted by molar-refractivity contribution is -0.143. The zero-order valence-corrected chi connectivity index (χ0v) is 11.8. The molecular formula is C12H17ClN4O2. The third kappa shape index (κ3) is 6.71. The lowest BCUT2D eigenvalue weighted by atomic mass is 10.2. The number of nitrogens with one attached hydrogen (secondary N) is 1. The van der Waals surface area contributed by atoms with E-state index < -0.39 is 0 Å². The molecule has 0 atom stereocenters. The Bertz CT molecular complexity index is 434. The number of hydrazone groups is 1. The highest BCUT2D eigenvalue weighted by molar-refractivity contribution is 6.29. The van der Waals surface area contributed by atoms with Crippen LogP contribution in [0.4, 0.5) is 5.82 Å². The molecule has 6 nitrogen and oxygen atoms in total. The molecule has 104 valence electrons. The summed E-state index contributed by atoms with van der Waals surface area (Å²) < 4.78 is 4.84. The van der Waals surface area contributed by atoms with Gasteiger partial charge >= 0.3 is 5.97 Å². The average molecular weight is 285 g/mol. The summed E-state index contributed by atoms with van der Waals surface area (Å²) in [6.45, 7) is 4.09. The molecule has 0 saturated carbocycles. The fourth-order valence-electron chi connectivity index (χ4n) is 1.31. The lowest BCUT2D eigenvalue weighted by Gasteiger charge is -2.03. The van der Waals surface area contributed by atoms with Gasteiger partial charge in [-0.05, 0) is 38.8 Å². The van der Waals surface area contributed by atoms with Crippen molar-refractivity contribution >= 4 is 29.1 Å². The number of carbonyl (C=O) groups is 1. The van der Waals surface area contributed by atoms with Gasteiger partial charge in [0.05, 0.1) is 6.61 Å². The van der Waals surface area contributed by atoms with E-state index in [1.807, 2.05) is 6.92 Å². The summed E-state index contributed by atoms with van der Waals surface area (Å²) >= 11 is 5.62. The molecule has 0 bridgehead atoms. The first-order valence-electron chi connectivity index (χ1n) is 6.06. The van der Waals surface area contributed by atoms with Crippen molar-refractivity contribution in [2.75, 3.05) is 12.0 Å². The van der Waals surface area contributed by atoms with Crippen LogP contribution in [0.2, 0.25) is 5.15 Å². The third-order valence-electron chi connectivity index (χ3n) is 2.22. The fourth-order valence-corrected chi connectivity index (χ4v) is 1.41. The maximum absolute atomic E-state index is 11.1. The van der Waals surface area contributed by atoms with Crippen LogP contribution in [0.3, 0.4) is 0 Å². The van der Waals surface area contributed by atoms with Gasteiger partial charge in [0.25, 0.3) is 0 Å². The number of anilines is 1. The molecule has 1 N–H and O–H groups in total. The predicted molar refractivity (Wildman–Crippen MR) is 74.3 cm³/mol. The monoisotopic (exact) mass is 284 g/mol. The Balaban J connectivity index is 2.29. The van der Waals surface area contributed by atoms with E-state index in [1.165, 1.54) is 0 Å². The number of hydrogen-bond donors (Lipinski definition) is 1. The molecule has 0 aliphatic heterocycles. The van der Waals surface area contributed by atoms with E-state index in [2.05, 4.69) is 20.7 Å². The molecule has 1 heterocycles. The van der Waals surface area contributed by atoms with Gasteiger partial charge in [-0.25, -0.2) is 0 Å². The first-order valence-corrected chi connectivity index (χ1v) is 6.43. The topological polar surface area (TPSA) is 76.5 Å². The van der Waals surface area contributed by atoms with E-state index in [1.54, 1.807) is 19.1 Å². The molecule has 0 radical (unpaired) electrons. The van der Waals surface area contributed by atoms with Crippen LogP contribution in [-0.2, 0) is 9.53 Å². The summed E-state index contributed by atoms with van der Waals surface area (Å²) in [5.41, 5.74) is 3.65. The molecule has 1 aromatic heterocycles. The first kappa shape index (κ1) is 15.4. The second-order valence-electron chi connectivity index (χ2n) is 3.86. The zero-order valence-electron chi connectivity index (χ0n) is 11.0. The van der Waals surface area contributed by atoms with Crippen molar-refractivity contribution in [3.05, 3.63) is 17.3 Å². The van der Waals surface area contributed by atoms with Crippen molar-refractivity contribution in [3.8, 4) is 0 Å². The quantitative estimate of drug-likeness (QED) is 0.473. The van der Waals surface area contributed by atoms with E-state index in [9.17, 15) is 4.79 Å². The maximum atomic E-state index is 11.1. The molecular weight excluding hydrogens is 268 g/mol. The van der Waals surface area contributed by atoms with Crippen molar-refractivity contribution in [1.29, 1.82) is 0 Å². The number of ether oxygens (including phenoxy) is 1. The number of aromatic nitrogens is 2. The summed E-state index contributed by atoms with van der Waals surface area (Å²) in [7, 11) is 0. The van der Waals surface area contributed by atoms with Crippen molar-refractivity contribution in [2.45, 2.75) is 33.1 Å². The Morgan fingerprint density at radius 2 is 2.21 bits per heavy atom. The molecule has 0 spiro atoms. The SMILES string of the molecule is CCOC(=O)CCC/C(C)=N/Nc1ccc(Cl)nn1. The number of carbonyl (C=O) groups excluding carboxylic acids is 1. The van der Waals surface area contributed by atoms with Crippen molar-refractivity contribution in [3.63, 3.8) is 0 Å². The van der Waals surface area contributed by atoms with Crippen LogP contribution in [-0.4, -0.2) is 28.5 Å². The summed E-state index contributed by atoms with van der Waals surface area (Å²) in [6, 6.07) is 3.31. The fraction of sp³-hybridized carbons (Fsp3) is 0.500. The van der Waals surface area contributed by atoms with Crippen LogP contribution in [0.15, 0.2) is 17.2 Å². The first-order chi connectivity index (χ1) is 9.11. The second-order valence-corrected chi connectivity index (χ2v) is 4.25. The standard InChI is InChI=1S/C12H17ClN4O2/c1-3-19-12(18)6-4-5-9(2)14-16-11-8-7-10(13)15-17-11/h7-8H,3-6H2,1-2H3,(H,16,17)/b14-9+. The third-order valence-corrected chi connectivity index (χ3v) is 2.42. The van der Waals surface area contributed by atoms with E-state index in [0.717, 1.165) is 5.71 Å². The molecule has 0 amide bonds. The number of esters is 1. The highest BCUT2D eigenvalue weighted by Crippen LogP contribution is 2.06. The summed E-state index contributed by atoms with van der Waals surface area (Å²) in [6.07, 6.45) is 1.83. The largest absolute Gasteiger partial charge is 0.466 e. The van der Waals surface area contributed by atoms with E-state index in [-0.39, 0.29) is 5.97 Å². The van der Waals surface area contributed by atoms with Gasteiger partial charge in [0.2, 0.25) is 0 Å². The van der Waals surface area contributed by atoms with Gasteiger partial charge in [0.1, 0.15) is 0 Å². The highest BCUT2D eigenvalue weighted by Gasteiger charge is 2.02. The van der Waals surface area contributed by atoms with Gasteiger partial charge in [-0.3, -0.25) is 10.2 Å². The van der Waals surface area contributed by atoms with E-state index >= 15 is 0 Å². The summed E-state index contributed by atoms with van der Waals surface area (Å²) in [5, 5.41) is 12.0. The molecule has 1 aromatic rings. The van der Waals surface area contributed by atoms with Crippen molar-refractivity contribution in [2.24, 2.45) is 5.10 Å². The molecule has 19 heavy (non-hydrogen) atoms. The Morgan fingerprint density at radius 1 is 1.42 bits per heavy atom. The molecule has 1 rings (SSSR count). The van der Waals surface area contributed by atoms with Crippen LogP contribution < -0.4 is 5.43 Å². The molecule has 0 aliphatic carbocycles. The lowest BCUT2D eigenvalue weighted by Crippen LogP contribution is -2.05. The Morgan fingerprint density at radius 3 is 2.84 bits per heavy atom. The number of rotatable bonds is 7. The van der Waals surface area contributed by atoms with Gasteiger partial charge in [-0.1, -0.05) is 11.6 Å².